The standard InChI is InChI=1S/C12H14.C2H6.CH5N/c1-3-5-11-7-9-12(6-4-2)10-8-11;2*1-2/h7-10H,3,5H2,1-2H3;1-2H3;2H2,1H3. The Morgan fingerprint density at radius 3 is 1.94 bits per heavy atom. The van der Waals surface area contributed by atoms with E-state index in [1.54, 1.807) is 0 Å². The molecule has 1 aromatic carbocycles. The van der Waals surface area contributed by atoms with Crippen LogP contribution in [-0.4, -0.2) is 7.05 Å². The van der Waals surface area contributed by atoms with Crippen molar-refractivity contribution in [3.63, 3.8) is 0 Å². The van der Waals surface area contributed by atoms with Crippen molar-refractivity contribution in [1.29, 1.82) is 0 Å². The molecule has 1 heteroatoms. The molecule has 0 aromatic heterocycles. The molecule has 1 rings (SSSR count). The van der Waals surface area contributed by atoms with Gasteiger partial charge in [-0.25, -0.2) is 0 Å². The highest BCUT2D eigenvalue weighted by Gasteiger charge is 1.89. The minimum atomic E-state index is 1.11. The zero-order chi connectivity index (χ0) is 12.8. The quantitative estimate of drug-likeness (QED) is 0.755. The van der Waals surface area contributed by atoms with E-state index in [0.717, 1.165) is 5.56 Å². The molecular weight excluding hydrogens is 194 g/mol. The van der Waals surface area contributed by atoms with Crippen molar-refractivity contribution < 1.29 is 0 Å². The molecule has 0 heterocycles. The fraction of sp³-hybridized carbons (Fsp3) is 0.467. The lowest BCUT2D eigenvalue weighted by Crippen LogP contribution is -1.82. The highest BCUT2D eigenvalue weighted by molar-refractivity contribution is 5.35. The first-order valence-corrected chi connectivity index (χ1v) is 5.96. The van der Waals surface area contributed by atoms with Crippen LogP contribution in [0.2, 0.25) is 0 Å². The molecule has 1 aromatic rings. The van der Waals surface area contributed by atoms with Crippen LogP contribution in [0.15, 0.2) is 24.3 Å². The molecule has 0 fully saturated rings. The molecule has 2 N–H and O–H groups in total. The first-order chi connectivity index (χ1) is 7.86. The number of hydrogen-bond donors (Lipinski definition) is 1. The maximum Gasteiger partial charge on any atom is 0.0245 e. The molecule has 0 saturated carbocycles. The van der Waals surface area contributed by atoms with Gasteiger partial charge in [0.15, 0.2) is 0 Å². The molecule has 0 aliphatic rings. The third kappa shape index (κ3) is 8.08. The number of nitrogens with two attached hydrogens (primary N) is 1. The third-order valence-corrected chi connectivity index (χ3v) is 1.76. The Bertz CT molecular complexity index is 287. The van der Waals surface area contributed by atoms with Crippen molar-refractivity contribution >= 4 is 0 Å². The zero-order valence-corrected chi connectivity index (χ0v) is 11.3. The van der Waals surface area contributed by atoms with E-state index in [1.165, 1.54) is 25.5 Å². The maximum atomic E-state index is 4.50. The predicted octanol–water partition coefficient (Wildman–Crippen LogP) is 3.61. The molecule has 0 amide bonds. The fourth-order valence-corrected chi connectivity index (χ4v) is 1.19. The molecule has 0 atom stereocenters. The van der Waals surface area contributed by atoms with Crippen LogP contribution >= 0.6 is 0 Å². The number of hydrogen-bond acceptors (Lipinski definition) is 1. The van der Waals surface area contributed by atoms with Crippen molar-refractivity contribution in [2.24, 2.45) is 5.73 Å². The minimum absolute atomic E-state index is 1.11. The second kappa shape index (κ2) is 13.7. The Hall–Kier alpha value is -1.26. The Labute approximate surface area is 101 Å². The van der Waals surface area contributed by atoms with Crippen LogP contribution in [0.5, 0.6) is 0 Å². The highest BCUT2D eigenvalue weighted by Crippen LogP contribution is 2.05. The largest absolute Gasteiger partial charge is 0.333 e. The molecule has 16 heavy (non-hydrogen) atoms. The number of aryl methyl sites for hydroxylation is 1. The smallest absolute Gasteiger partial charge is 0.0245 e. The lowest BCUT2D eigenvalue weighted by Gasteiger charge is -1.97. The average Bonchev–Trinajstić information content (AvgIpc) is 2.37. The summed E-state index contributed by atoms with van der Waals surface area (Å²) in [7, 11) is 1.50. The molecule has 0 aliphatic heterocycles. The minimum Gasteiger partial charge on any atom is -0.333 e. The Morgan fingerprint density at radius 2 is 1.56 bits per heavy atom. The first-order valence-electron chi connectivity index (χ1n) is 5.96. The van der Waals surface area contributed by atoms with Crippen molar-refractivity contribution in [3.8, 4) is 11.8 Å². The van der Waals surface area contributed by atoms with Gasteiger partial charge in [0.2, 0.25) is 0 Å². The van der Waals surface area contributed by atoms with E-state index in [2.05, 4.69) is 48.8 Å². The van der Waals surface area contributed by atoms with Crippen LogP contribution in [0.25, 0.3) is 0 Å². The van der Waals surface area contributed by atoms with E-state index in [-0.39, 0.29) is 0 Å². The average molecular weight is 219 g/mol. The van der Waals surface area contributed by atoms with Crippen molar-refractivity contribution in [1.82, 2.24) is 0 Å². The van der Waals surface area contributed by atoms with Gasteiger partial charge in [-0.3, -0.25) is 0 Å². The van der Waals surface area contributed by atoms with Crippen molar-refractivity contribution in [2.45, 2.75) is 40.5 Å². The van der Waals surface area contributed by atoms with E-state index >= 15 is 0 Å². The maximum absolute atomic E-state index is 4.50. The third-order valence-electron chi connectivity index (χ3n) is 1.76. The molecule has 90 valence electrons. The molecule has 0 radical (unpaired) electrons. The summed E-state index contributed by atoms with van der Waals surface area (Å²) >= 11 is 0. The van der Waals surface area contributed by atoms with Crippen LogP contribution in [-0.2, 0) is 6.42 Å². The van der Waals surface area contributed by atoms with E-state index < -0.39 is 0 Å². The van der Waals surface area contributed by atoms with Gasteiger partial charge in [-0.2, -0.15) is 0 Å². The highest BCUT2D eigenvalue weighted by atomic mass is 14.4. The number of rotatable bonds is 2. The zero-order valence-electron chi connectivity index (χ0n) is 11.3. The Morgan fingerprint density at radius 1 is 1.06 bits per heavy atom. The van der Waals surface area contributed by atoms with Crippen LogP contribution in [0.1, 0.15) is 45.2 Å². The van der Waals surface area contributed by atoms with Gasteiger partial charge < -0.3 is 5.73 Å². The van der Waals surface area contributed by atoms with Gasteiger partial charge in [-0.05, 0) is 38.1 Å². The summed E-state index contributed by atoms with van der Waals surface area (Å²) in [6.45, 7) is 8.06. The summed E-state index contributed by atoms with van der Waals surface area (Å²) in [4.78, 5) is 0. The summed E-state index contributed by atoms with van der Waals surface area (Å²) in [5, 5.41) is 0. The molecule has 0 unspecified atom stereocenters. The monoisotopic (exact) mass is 219 g/mol. The summed E-state index contributed by atoms with van der Waals surface area (Å²) in [5.74, 6) is 5.91. The Balaban J connectivity index is 0. The van der Waals surface area contributed by atoms with E-state index in [4.69, 9.17) is 0 Å². The van der Waals surface area contributed by atoms with Gasteiger partial charge in [-0.15, -0.1) is 5.92 Å². The van der Waals surface area contributed by atoms with Crippen LogP contribution in [0, 0.1) is 11.8 Å². The summed E-state index contributed by atoms with van der Waals surface area (Å²) in [6.07, 6.45) is 2.37. The summed E-state index contributed by atoms with van der Waals surface area (Å²) in [6, 6.07) is 8.48. The first kappa shape index (κ1) is 17.1. The van der Waals surface area contributed by atoms with Gasteiger partial charge in [0, 0.05) is 5.56 Å². The summed E-state index contributed by atoms with van der Waals surface area (Å²) in [5.41, 5.74) is 7.01. The van der Waals surface area contributed by atoms with E-state index in [9.17, 15) is 0 Å². The van der Waals surface area contributed by atoms with Crippen LogP contribution in [0.4, 0.5) is 0 Å². The Kier molecular flexibility index (Phi) is 14.7. The molecule has 0 aliphatic carbocycles. The topological polar surface area (TPSA) is 26.0 Å². The second-order valence-corrected chi connectivity index (χ2v) is 2.82. The van der Waals surface area contributed by atoms with Crippen LogP contribution < -0.4 is 5.73 Å². The van der Waals surface area contributed by atoms with Crippen molar-refractivity contribution in [3.05, 3.63) is 35.4 Å². The van der Waals surface area contributed by atoms with Gasteiger partial charge in [0.25, 0.3) is 0 Å². The summed E-state index contributed by atoms with van der Waals surface area (Å²) < 4.78 is 0. The molecule has 0 bridgehead atoms. The van der Waals surface area contributed by atoms with Crippen LogP contribution in [0.3, 0.4) is 0 Å². The molecule has 0 saturated heterocycles. The normalized spacial score (nSPS) is 7.38. The van der Waals surface area contributed by atoms with Gasteiger partial charge in [-0.1, -0.05) is 45.2 Å². The lowest BCUT2D eigenvalue weighted by atomic mass is 10.1. The molecule has 0 spiro atoms. The molecular formula is C15H25N. The SMILES string of the molecule is CC.CC#Cc1ccc(CCC)cc1.CN. The predicted molar refractivity (Wildman–Crippen MR) is 74.4 cm³/mol. The van der Waals surface area contributed by atoms with Crippen molar-refractivity contribution in [2.75, 3.05) is 7.05 Å². The van der Waals surface area contributed by atoms with E-state index in [1.807, 2.05) is 20.8 Å². The molecule has 1 nitrogen and oxygen atoms in total. The van der Waals surface area contributed by atoms with E-state index in [0.29, 0.717) is 0 Å². The number of benzene rings is 1. The lowest BCUT2D eigenvalue weighted by molar-refractivity contribution is 0.922. The van der Waals surface area contributed by atoms with Gasteiger partial charge in [0.05, 0.1) is 0 Å². The van der Waals surface area contributed by atoms with Gasteiger partial charge >= 0.3 is 0 Å². The fourth-order valence-electron chi connectivity index (χ4n) is 1.19. The van der Waals surface area contributed by atoms with Gasteiger partial charge in [0.1, 0.15) is 0 Å². The second-order valence-electron chi connectivity index (χ2n) is 2.82.